The summed E-state index contributed by atoms with van der Waals surface area (Å²) >= 11 is 0. The topological polar surface area (TPSA) is 277 Å². The van der Waals surface area contributed by atoms with Gasteiger partial charge in [0.2, 0.25) is 23.6 Å². The number of urea groups is 1. The number of hydrogen-bond acceptors (Lipinski definition) is 10. The van der Waals surface area contributed by atoms with Crippen molar-refractivity contribution in [2.45, 2.75) is 44.6 Å². The van der Waals surface area contributed by atoms with Gasteiger partial charge < -0.3 is 57.5 Å². The zero-order valence-corrected chi connectivity index (χ0v) is 37.1. The lowest BCUT2D eigenvalue weighted by Crippen LogP contribution is -2.47. The number of phenolic OH excluding ortho intramolecular Hbond substituents is 1. The number of carbonyl (C=O) groups is 8. The summed E-state index contributed by atoms with van der Waals surface area (Å²) in [5.74, 6) is -2.09. The number of rotatable bonds is 21. The molecule has 2 heterocycles. The van der Waals surface area contributed by atoms with E-state index in [-0.39, 0.29) is 68.4 Å². The zero-order chi connectivity index (χ0) is 48.0. The van der Waals surface area contributed by atoms with Gasteiger partial charge in [0.1, 0.15) is 23.8 Å². The first-order chi connectivity index (χ1) is 32.2. The fourth-order valence-electron chi connectivity index (χ4n) is 7.82. The highest BCUT2D eigenvalue weighted by Crippen LogP contribution is 2.45. The smallest absolute Gasteiger partial charge is 0.312 e. The second kappa shape index (κ2) is 22.7. The first-order valence-corrected chi connectivity index (χ1v) is 21.8. The number of anilines is 3. The number of aromatic hydroxyl groups is 1. The van der Waals surface area contributed by atoms with E-state index in [4.69, 9.17) is 5.73 Å². The minimum atomic E-state index is -0.992. The SMILES string of the molecule is CC1CN(C(=O)c2cc3cc(NC(=O)c4ccc(NC(=O)[C@H](CCCNC(N)=O)NC(=O)CNCCNC(=O)CCCN(C)C(=O)/C=C\C=O)cc4)ccc3[nH]2)c2cc(O)c3ccccc3c21. The molecule has 0 saturated heterocycles. The molecule has 1 aliphatic rings. The minimum absolute atomic E-state index is 0.0569. The molecule has 0 bridgehead atoms. The van der Waals surface area contributed by atoms with E-state index in [0.29, 0.717) is 71.4 Å². The molecule has 1 aliphatic heterocycles. The Labute approximate surface area is 385 Å². The monoisotopic (exact) mass is 914 g/mol. The number of carbonyl (C=O) groups excluding carboxylic acids is 8. The predicted molar refractivity (Wildman–Crippen MR) is 254 cm³/mol. The summed E-state index contributed by atoms with van der Waals surface area (Å²) < 4.78 is 0. The molecule has 19 nitrogen and oxygen atoms in total. The number of likely N-dealkylation sites (N-methyl/N-ethyl adjacent to an activating group) is 1. The molecule has 1 unspecified atom stereocenters. The Morgan fingerprint density at radius 2 is 1.63 bits per heavy atom. The van der Waals surface area contributed by atoms with Crippen molar-refractivity contribution in [3.8, 4) is 5.75 Å². The third-order valence-electron chi connectivity index (χ3n) is 11.2. The largest absolute Gasteiger partial charge is 0.507 e. The van der Waals surface area contributed by atoms with Crippen molar-refractivity contribution in [2.24, 2.45) is 5.73 Å². The number of H-pyrrole nitrogens is 1. The number of hydrogen-bond donors (Lipinski definition) is 9. The van der Waals surface area contributed by atoms with Crippen LogP contribution in [0.3, 0.4) is 0 Å². The molecular weight excluding hydrogens is 861 g/mol. The van der Waals surface area contributed by atoms with Crippen LogP contribution in [0.2, 0.25) is 0 Å². The molecule has 67 heavy (non-hydrogen) atoms. The van der Waals surface area contributed by atoms with Crippen molar-refractivity contribution in [1.29, 1.82) is 0 Å². The lowest BCUT2D eigenvalue weighted by Gasteiger charge is -2.19. The van der Waals surface area contributed by atoms with Crippen LogP contribution in [0.15, 0.2) is 91.0 Å². The summed E-state index contributed by atoms with van der Waals surface area (Å²) in [7, 11) is 1.57. The fourth-order valence-corrected chi connectivity index (χ4v) is 7.82. The lowest BCUT2D eigenvalue weighted by molar-refractivity contribution is -0.126. The Hall–Kier alpha value is -8.06. The van der Waals surface area contributed by atoms with Gasteiger partial charge in [-0.25, -0.2) is 4.79 Å². The molecule has 1 aromatic heterocycles. The molecule has 0 saturated carbocycles. The maximum absolute atomic E-state index is 13.9. The standard InChI is InChI=1S/C48H54N10O9/c1-29-28-58(39-26-40(60)34-8-3-4-9-35(34)44(29)39)47(66)38-25-31-24-33(17-18-36(31)55-38)54-45(64)30-13-15-32(16-14-30)53-46(65)37(10-5-19-52-48(49)67)56-42(62)27-50-20-21-51-41(61)11-6-22-57(2)43(63)12-7-23-59/h3-4,7-9,12-18,23-26,29,37,50,55,60H,5-6,10-11,19-22,27-28H2,1-2H3,(H,51,61)(H,53,65)(H,54,64)(H,56,62)(H3,49,52,67)/b12-7-/t29?,37-/m0/s1. The quantitative estimate of drug-likeness (QED) is 0.0293. The van der Waals surface area contributed by atoms with E-state index in [2.05, 4.69) is 43.8 Å². The second-order valence-electron chi connectivity index (χ2n) is 16.1. The number of amides is 8. The number of nitrogens with zero attached hydrogens (tertiary/aromatic N) is 2. The van der Waals surface area contributed by atoms with Crippen LogP contribution < -0.4 is 42.5 Å². The normalized spacial score (nSPS) is 13.5. The summed E-state index contributed by atoms with van der Waals surface area (Å²) in [5, 5.41) is 29.5. The average molecular weight is 915 g/mol. The van der Waals surface area contributed by atoms with Gasteiger partial charge in [-0.2, -0.15) is 0 Å². The number of allylic oxidation sites excluding steroid dienone is 1. The first-order valence-electron chi connectivity index (χ1n) is 21.8. The number of nitrogens with two attached hydrogens (primary N) is 1. The average Bonchev–Trinajstić information content (AvgIpc) is 3.89. The Balaban J connectivity index is 0.983. The van der Waals surface area contributed by atoms with Crippen molar-refractivity contribution in [1.82, 2.24) is 31.2 Å². The van der Waals surface area contributed by atoms with Crippen LogP contribution in [0.5, 0.6) is 5.75 Å². The highest BCUT2D eigenvalue weighted by atomic mass is 16.3. The fraction of sp³-hybridized carbons (Fsp3) is 0.292. The number of aromatic nitrogens is 1. The first kappa shape index (κ1) is 48.4. The van der Waals surface area contributed by atoms with E-state index in [1.165, 1.54) is 17.0 Å². The maximum Gasteiger partial charge on any atom is 0.312 e. The zero-order valence-electron chi connectivity index (χ0n) is 37.1. The number of primary amides is 1. The molecule has 0 aliphatic carbocycles. The van der Waals surface area contributed by atoms with Crippen LogP contribution in [0.4, 0.5) is 21.9 Å². The number of aldehydes is 1. The molecule has 0 spiro atoms. The molecule has 10 N–H and O–H groups in total. The molecule has 8 amide bonds. The van der Waals surface area contributed by atoms with E-state index < -0.39 is 29.8 Å². The van der Waals surface area contributed by atoms with Gasteiger partial charge in [-0.3, -0.25) is 33.6 Å². The van der Waals surface area contributed by atoms with Crippen molar-refractivity contribution in [3.63, 3.8) is 0 Å². The van der Waals surface area contributed by atoms with Gasteiger partial charge in [0, 0.05) is 97.5 Å². The van der Waals surface area contributed by atoms with Gasteiger partial charge in [-0.1, -0.05) is 31.2 Å². The summed E-state index contributed by atoms with van der Waals surface area (Å²) in [6.07, 6.45) is 3.83. The van der Waals surface area contributed by atoms with Crippen molar-refractivity contribution in [2.75, 3.05) is 61.8 Å². The number of nitrogens with one attached hydrogen (secondary N) is 7. The number of fused-ring (bicyclic) bond motifs is 4. The van der Waals surface area contributed by atoms with Crippen LogP contribution >= 0.6 is 0 Å². The molecule has 4 aromatic carbocycles. The summed E-state index contributed by atoms with van der Waals surface area (Å²) in [4.78, 5) is 105. The summed E-state index contributed by atoms with van der Waals surface area (Å²) in [6, 6.07) is 20.7. The second-order valence-corrected chi connectivity index (χ2v) is 16.1. The molecule has 5 aromatic rings. The third-order valence-corrected chi connectivity index (χ3v) is 11.2. The number of phenols is 1. The van der Waals surface area contributed by atoms with Gasteiger partial charge in [-0.15, -0.1) is 0 Å². The van der Waals surface area contributed by atoms with Crippen LogP contribution in [-0.4, -0.2) is 115 Å². The summed E-state index contributed by atoms with van der Waals surface area (Å²) in [6.45, 7) is 3.35. The Morgan fingerprint density at radius 3 is 2.37 bits per heavy atom. The van der Waals surface area contributed by atoms with Gasteiger partial charge in [0.25, 0.3) is 11.8 Å². The molecule has 2 atom stereocenters. The van der Waals surface area contributed by atoms with E-state index >= 15 is 0 Å². The molecule has 0 fully saturated rings. The molecular formula is C48H54N10O9. The third kappa shape index (κ3) is 12.8. The highest BCUT2D eigenvalue weighted by Gasteiger charge is 2.33. The van der Waals surface area contributed by atoms with E-state index in [1.807, 2.05) is 24.3 Å². The lowest BCUT2D eigenvalue weighted by atomic mass is 9.95. The van der Waals surface area contributed by atoms with E-state index in [9.17, 15) is 43.5 Å². The van der Waals surface area contributed by atoms with Crippen LogP contribution in [0, 0.1) is 0 Å². The Kier molecular flexibility index (Phi) is 16.4. The molecule has 6 rings (SSSR count). The summed E-state index contributed by atoms with van der Waals surface area (Å²) in [5.41, 5.74) is 9.06. The van der Waals surface area contributed by atoms with Crippen molar-refractivity contribution < 1.29 is 43.5 Å². The maximum atomic E-state index is 13.9. The van der Waals surface area contributed by atoms with Crippen LogP contribution in [-0.2, 0) is 24.0 Å². The molecule has 0 radical (unpaired) electrons. The van der Waals surface area contributed by atoms with Crippen molar-refractivity contribution in [3.05, 3.63) is 108 Å². The number of benzene rings is 4. The Morgan fingerprint density at radius 1 is 0.881 bits per heavy atom. The number of aromatic amines is 1. The highest BCUT2D eigenvalue weighted by molar-refractivity contribution is 6.12. The van der Waals surface area contributed by atoms with E-state index in [1.54, 1.807) is 54.4 Å². The van der Waals surface area contributed by atoms with Gasteiger partial charge in [0.05, 0.1) is 12.2 Å². The van der Waals surface area contributed by atoms with Crippen LogP contribution in [0.1, 0.15) is 64.9 Å². The molecule has 350 valence electrons. The van der Waals surface area contributed by atoms with Crippen LogP contribution in [0.25, 0.3) is 21.7 Å². The van der Waals surface area contributed by atoms with Gasteiger partial charge >= 0.3 is 6.03 Å². The van der Waals surface area contributed by atoms with Gasteiger partial charge in [-0.05, 0) is 84.8 Å². The van der Waals surface area contributed by atoms with E-state index in [0.717, 1.165) is 28.5 Å². The van der Waals surface area contributed by atoms with Gasteiger partial charge in [0.15, 0.2) is 0 Å². The Bertz CT molecular complexity index is 2700. The molecule has 19 heteroatoms. The minimum Gasteiger partial charge on any atom is -0.507 e. The van der Waals surface area contributed by atoms with Crippen molar-refractivity contribution >= 4 is 86.5 Å². The predicted octanol–water partition coefficient (Wildman–Crippen LogP) is 3.61.